The number of hydrogen-bond donors (Lipinski definition) is 1. The summed E-state index contributed by atoms with van der Waals surface area (Å²) in [5.41, 5.74) is 1.86. The zero-order valence-electron chi connectivity index (χ0n) is 9.76. The molecule has 0 radical (unpaired) electrons. The molecule has 4 rings (SSSR count). The molecular formula is C12H9N5O2. The lowest BCUT2D eigenvalue weighted by molar-refractivity contribution is 0.151. The van der Waals surface area contributed by atoms with Gasteiger partial charge in [0.1, 0.15) is 13.0 Å². The maximum atomic E-state index is 11.3. The smallest absolute Gasteiger partial charge is 0.428 e. The Hall–Kier alpha value is -2.83. The van der Waals surface area contributed by atoms with Crippen LogP contribution in [0.15, 0.2) is 41.8 Å². The number of imidazole rings is 1. The lowest BCUT2D eigenvalue weighted by Crippen LogP contribution is -2.47. The molecule has 19 heavy (non-hydrogen) atoms. The van der Waals surface area contributed by atoms with Gasteiger partial charge in [-0.1, -0.05) is 12.1 Å². The lowest BCUT2D eigenvalue weighted by atomic mass is 10.1. The molecule has 7 nitrogen and oxygen atoms in total. The van der Waals surface area contributed by atoms with E-state index < -0.39 is 6.09 Å². The SMILES string of the molecule is O=C(O)N1CN=C2c3ccccc3-n3cncc3N21. The summed E-state index contributed by atoms with van der Waals surface area (Å²) in [6, 6.07) is 7.73. The third kappa shape index (κ3) is 1.18. The van der Waals surface area contributed by atoms with Crippen LogP contribution in [0.5, 0.6) is 0 Å². The van der Waals surface area contributed by atoms with E-state index in [1.807, 2.05) is 28.8 Å². The van der Waals surface area contributed by atoms with Gasteiger partial charge in [-0.25, -0.2) is 19.8 Å². The highest BCUT2D eigenvalue weighted by Gasteiger charge is 2.38. The minimum absolute atomic E-state index is 0.101. The van der Waals surface area contributed by atoms with Crippen LogP contribution in [0.1, 0.15) is 5.56 Å². The number of nitrogens with zero attached hydrogens (tertiary/aromatic N) is 5. The Labute approximate surface area is 108 Å². The number of benzene rings is 1. The molecule has 1 amide bonds. The second kappa shape index (κ2) is 3.35. The number of para-hydroxylation sites is 1. The summed E-state index contributed by atoms with van der Waals surface area (Å²) in [7, 11) is 0. The second-order valence-electron chi connectivity index (χ2n) is 4.26. The maximum Gasteiger partial charge on any atom is 0.428 e. The number of aliphatic imine (C=N–C) groups is 1. The standard InChI is InChI=1S/C12H9N5O2/c18-12(19)16-7-14-11-8-3-1-2-4-9(8)15-6-13-5-10(15)17(11)16/h1-6H,7H2,(H,18,19). The van der Waals surface area contributed by atoms with E-state index in [0.717, 1.165) is 11.3 Å². The number of amides is 1. The molecule has 1 aromatic carbocycles. The van der Waals surface area contributed by atoms with E-state index in [4.69, 9.17) is 0 Å². The van der Waals surface area contributed by atoms with Gasteiger partial charge in [0.2, 0.25) is 0 Å². The van der Waals surface area contributed by atoms with Crippen molar-refractivity contribution >= 4 is 17.7 Å². The van der Waals surface area contributed by atoms with Gasteiger partial charge in [0.05, 0.1) is 11.9 Å². The molecule has 3 heterocycles. The monoisotopic (exact) mass is 255 g/mol. The van der Waals surface area contributed by atoms with Crippen molar-refractivity contribution in [1.82, 2.24) is 14.6 Å². The fourth-order valence-corrected chi connectivity index (χ4v) is 2.46. The predicted octanol–water partition coefficient (Wildman–Crippen LogP) is 1.30. The van der Waals surface area contributed by atoms with Crippen LogP contribution in [0.3, 0.4) is 0 Å². The highest BCUT2D eigenvalue weighted by atomic mass is 16.4. The molecule has 0 saturated carbocycles. The Morgan fingerprint density at radius 3 is 3.00 bits per heavy atom. The Kier molecular flexibility index (Phi) is 1.78. The normalized spacial score (nSPS) is 15.7. The zero-order valence-corrected chi connectivity index (χ0v) is 9.76. The van der Waals surface area contributed by atoms with E-state index in [1.54, 1.807) is 17.5 Å². The largest absolute Gasteiger partial charge is 0.464 e. The molecule has 94 valence electrons. The van der Waals surface area contributed by atoms with Crippen molar-refractivity contribution < 1.29 is 9.90 Å². The number of aromatic nitrogens is 2. The highest BCUT2D eigenvalue weighted by molar-refractivity contribution is 6.15. The minimum atomic E-state index is -1.04. The van der Waals surface area contributed by atoms with Crippen molar-refractivity contribution in [2.45, 2.75) is 0 Å². The third-order valence-corrected chi connectivity index (χ3v) is 3.26. The molecule has 1 N–H and O–H groups in total. The third-order valence-electron chi connectivity index (χ3n) is 3.26. The number of hydrogen-bond acceptors (Lipinski definition) is 4. The predicted molar refractivity (Wildman–Crippen MR) is 67.3 cm³/mol. The van der Waals surface area contributed by atoms with Crippen LogP contribution in [0.25, 0.3) is 5.69 Å². The molecule has 0 spiro atoms. The van der Waals surface area contributed by atoms with E-state index >= 15 is 0 Å². The van der Waals surface area contributed by atoms with Gasteiger partial charge < -0.3 is 5.11 Å². The van der Waals surface area contributed by atoms with Gasteiger partial charge in [0, 0.05) is 5.56 Å². The number of hydrazine groups is 1. The van der Waals surface area contributed by atoms with Gasteiger partial charge in [-0.3, -0.25) is 4.57 Å². The summed E-state index contributed by atoms with van der Waals surface area (Å²) < 4.78 is 1.86. The molecule has 2 aromatic rings. The zero-order chi connectivity index (χ0) is 13.0. The number of fused-ring (bicyclic) bond motifs is 6. The quantitative estimate of drug-likeness (QED) is 0.770. The maximum absolute atomic E-state index is 11.3. The molecule has 0 aliphatic carbocycles. The van der Waals surface area contributed by atoms with Gasteiger partial charge >= 0.3 is 6.09 Å². The van der Waals surface area contributed by atoms with Crippen molar-refractivity contribution in [2.24, 2.45) is 4.99 Å². The number of anilines is 1. The number of rotatable bonds is 0. The summed E-state index contributed by atoms with van der Waals surface area (Å²) in [5.74, 6) is 1.32. The van der Waals surface area contributed by atoms with Crippen LogP contribution < -0.4 is 5.01 Å². The van der Waals surface area contributed by atoms with Gasteiger partial charge in [-0.15, -0.1) is 0 Å². The molecule has 0 unspecified atom stereocenters. The number of carboxylic acid groups (broad SMARTS) is 1. The first kappa shape index (κ1) is 10.1. The Bertz CT molecular complexity index is 720. The fourth-order valence-electron chi connectivity index (χ4n) is 2.46. The molecule has 0 fully saturated rings. The van der Waals surface area contributed by atoms with E-state index in [2.05, 4.69) is 9.98 Å². The molecular weight excluding hydrogens is 246 g/mol. The summed E-state index contributed by atoms with van der Waals surface area (Å²) in [6.07, 6.45) is 2.27. The average Bonchev–Trinajstić information content (AvgIpc) is 3.05. The molecule has 2 aliphatic heterocycles. The Morgan fingerprint density at radius 1 is 1.32 bits per heavy atom. The molecule has 0 atom stereocenters. The number of amidine groups is 1. The molecule has 0 saturated heterocycles. The van der Waals surface area contributed by atoms with Crippen LogP contribution in [0.2, 0.25) is 0 Å². The van der Waals surface area contributed by atoms with Gasteiger partial charge in [0.15, 0.2) is 11.7 Å². The van der Waals surface area contributed by atoms with Crippen molar-refractivity contribution in [3.05, 3.63) is 42.4 Å². The topological polar surface area (TPSA) is 74.0 Å². The van der Waals surface area contributed by atoms with Gasteiger partial charge in [-0.2, -0.15) is 5.01 Å². The minimum Gasteiger partial charge on any atom is -0.464 e. The summed E-state index contributed by atoms with van der Waals surface area (Å²) in [6.45, 7) is 0.101. The van der Waals surface area contributed by atoms with Crippen LogP contribution in [-0.4, -0.2) is 38.3 Å². The van der Waals surface area contributed by atoms with Crippen LogP contribution >= 0.6 is 0 Å². The highest BCUT2D eigenvalue weighted by Crippen LogP contribution is 2.33. The van der Waals surface area contributed by atoms with Crippen LogP contribution in [0, 0.1) is 0 Å². The van der Waals surface area contributed by atoms with Crippen molar-refractivity contribution in [3.8, 4) is 5.69 Å². The first-order valence-corrected chi connectivity index (χ1v) is 5.74. The van der Waals surface area contributed by atoms with E-state index in [9.17, 15) is 9.90 Å². The van der Waals surface area contributed by atoms with Crippen molar-refractivity contribution in [2.75, 3.05) is 11.7 Å². The van der Waals surface area contributed by atoms with Gasteiger partial charge in [-0.05, 0) is 12.1 Å². The first-order valence-electron chi connectivity index (χ1n) is 5.74. The Balaban J connectivity index is 1.99. The average molecular weight is 255 g/mol. The van der Waals surface area contributed by atoms with Crippen molar-refractivity contribution in [3.63, 3.8) is 0 Å². The van der Waals surface area contributed by atoms with E-state index in [0.29, 0.717) is 11.7 Å². The molecule has 2 aliphatic rings. The fraction of sp³-hybridized carbons (Fsp3) is 0.0833. The van der Waals surface area contributed by atoms with E-state index in [1.165, 1.54) is 5.01 Å². The summed E-state index contributed by atoms with van der Waals surface area (Å²) >= 11 is 0. The first-order chi connectivity index (χ1) is 9.27. The summed E-state index contributed by atoms with van der Waals surface area (Å²) in [4.78, 5) is 19.7. The van der Waals surface area contributed by atoms with Crippen LogP contribution in [0.4, 0.5) is 10.6 Å². The van der Waals surface area contributed by atoms with E-state index in [-0.39, 0.29) is 6.67 Å². The van der Waals surface area contributed by atoms with Crippen molar-refractivity contribution in [1.29, 1.82) is 0 Å². The molecule has 7 heteroatoms. The lowest BCUT2D eigenvalue weighted by Gasteiger charge is -2.32. The van der Waals surface area contributed by atoms with Gasteiger partial charge in [0.25, 0.3) is 0 Å². The second-order valence-corrected chi connectivity index (χ2v) is 4.26. The Morgan fingerprint density at radius 2 is 2.16 bits per heavy atom. The summed E-state index contributed by atoms with van der Waals surface area (Å²) in [5, 5.41) is 12.0. The number of carbonyl (C=O) groups is 1. The molecule has 1 aromatic heterocycles. The van der Waals surface area contributed by atoms with Crippen LogP contribution in [-0.2, 0) is 0 Å². The molecule has 0 bridgehead atoms.